The summed E-state index contributed by atoms with van der Waals surface area (Å²) >= 11 is 0. The van der Waals surface area contributed by atoms with Crippen molar-refractivity contribution < 1.29 is 0 Å². The number of aryl methyl sites for hydroxylation is 1. The van der Waals surface area contributed by atoms with Crippen LogP contribution in [0.25, 0.3) is 0 Å². The molecule has 1 aliphatic carbocycles. The molecular formula is C11H17N3. The lowest BCUT2D eigenvalue weighted by Gasteiger charge is -2.31. The van der Waals surface area contributed by atoms with E-state index in [9.17, 15) is 0 Å². The summed E-state index contributed by atoms with van der Waals surface area (Å²) < 4.78 is 0. The molecule has 2 N–H and O–H groups in total. The van der Waals surface area contributed by atoms with E-state index in [0.29, 0.717) is 0 Å². The number of rotatable bonds is 2. The van der Waals surface area contributed by atoms with Gasteiger partial charge in [0, 0.05) is 23.3 Å². The van der Waals surface area contributed by atoms with Crippen molar-refractivity contribution in [3.05, 3.63) is 23.8 Å². The second kappa shape index (κ2) is 2.76. The lowest BCUT2D eigenvalue weighted by Crippen LogP contribution is -2.44. The normalized spacial score (nSPS) is 19.4. The molecule has 0 aromatic carbocycles. The molecule has 3 heteroatoms. The number of hydrogen-bond donors (Lipinski definition) is 1. The van der Waals surface area contributed by atoms with Crippen LogP contribution in [0.4, 0.5) is 0 Å². The molecule has 1 aliphatic rings. The zero-order chi connectivity index (χ0) is 10.4. The average Bonchev–Trinajstić information content (AvgIpc) is 2.86. The van der Waals surface area contributed by atoms with E-state index >= 15 is 0 Å². The maximum Gasteiger partial charge on any atom is 0.0690 e. The van der Waals surface area contributed by atoms with E-state index in [4.69, 9.17) is 5.73 Å². The second-order valence-electron chi connectivity index (χ2n) is 4.77. The Morgan fingerprint density at radius 2 is 1.86 bits per heavy atom. The Bertz CT molecular complexity index is 353. The highest BCUT2D eigenvalue weighted by Crippen LogP contribution is 2.48. The van der Waals surface area contributed by atoms with Gasteiger partial charge in [0.1, 0.15) is 0 Å². The lowest BCUT2D eigenvalue weighted by atomic mass is 9.78. The third-order valence-electron chi connectivity index (χ3n) is 3.51. The zero-order valence-corrected chi connectivity index (χ0v) is 9.04. The van der Waals surface area contributed by atoms with Crippen molar-refractivity contribution in [1.29, 1.82) is 0 Å². The van der Waals surface area contributed by atoms with Crippen molar-refractivity contribution in [3.63, 3.8) is 0 Å². The van der Waals surface area contributed by atoms with Gasteiger partial charge in [-0.15, -0.1) is 0 Å². The minimum Gasteiger partial charge on any atom is -0.324 e. The minimum absolute atomic E-state index is 0.0617. The molecule has 0 unspecified atom stereocenters. The Kier molecular flexibility index (Phi) is 1.89. The molecule has 0 radical (unpaired) electrons. The van der Waals surface area contributed by atoms with E-state index in [1.54, 1.807) is 12.4 Å². The standard InChI is InChI=1S/C11H17N3/c1-8-9(14-7-6-13-8)10(2,3)11(12)4-5-11/h6-7H,4-5,12H2,1-3H3. The van der Waals surface area contributed by atoms with Crippen molar-refractivity contribution >= 4 is 0 Å². The van der Waals surface area contributed by atoms with Crippen molar-refractivity contribution in [2.75, 3.05) is 0 Å². The highest BCUT2D eigenvalue weighted by molar-refractivity contribution is 5.29. The van der Waals surface area contributed by atoms with E-state index in [1.807, 2.05) is 6.92 Å². The third-order valence-corrected chi connectivity index (χ3v) is 3.51. The summed E-state index contributed by atoms with van der Waals surface area (Å²) in [5.41, 5.74) is 8.17. The minimum atomic E-state index is -0.0641. The van der Waals surface area contributed by atoms with Crippen LogP contribution in [0.5, 0.6) is 0 Å². The second-order valence-corrected chi connectivity index (χ2v) is 4.77. The first kappa shape index (κ1) is 9.59. The van der Waals surface area contributed by atoms with Gasteiger partial charge in [-0.3, -0.25) is 9.97 Å². The molecule has 2 rings (SSSR count). The Morgan fingerprint density at radius 1 is 1.29 bits per heavy atom. The van der Waals surface area contributed by atoms with Gasteiger partial charge in [0.25, 0.3) is 0 Å². The topological polar surface area (TPSA) is 51.8 Å². The van der Waals surface area contributed by atoms with Crippen LogP contribution in [0.2, 0.25) is 0 Å². The molecule has 1 fully saturated rings. The molecule has 1 aromatic rings. The largest absolute Gasteiger partial charge is 0.324 e. The van der Waals surface area contributed by atoms with Crippen LogP contribution in [0.1, 0.15) is 38.1 Å². The zero-order valence-electron chi connectivity index (χ0n) is 9.04. The van der Waals surface area contributed by atoms with Gasteiger partial charge in [0.2, 0.25) is 0 Å². The van der Waals surface area contributed by atoms with Crippen molar-refractivity contribution in [1.82, 2.24) is 9.97 Å². The first-order valence-corrected chi connectivity index (χ1v) is 5.04. The summed E-state index contributed by atoms with van der Waals surface area (Å²) in [5.74, 6) is 0. The summed E-state index contributed by atoms with van der Waals surface area (Å²) in [6, 6.07) is 0. The van der Waals surface area contributed by atoms with Crippen molar-refractivity contribution in [2.24, 2.45) is 5.73 Å². The predicted octanol–water partition coefficient (Wildman–Crippen LogP) is 1.55. The smallest absolute Gasteiger partial charge is 0.0690 e. The van der Waals surface area contributed by atoms with E-state index in [2.05, 4.69) is 23.8 Å². The monoisotopic (exact) mass is 191 g/mol. The predicted molar refractivity (Wildman–Crippen MR) is 55.9 cm³/mol. The fourth-order valence-electron chi connectivity index (χ4n) is 2.02. The Balaban J connectivity index is 2.44. The van der Waals surface area contributed by atoms with Gasteiger partial charge >= 0.3 is 0 Å². The first-order valence-electron chi connectivity index (χ1n) is 5.04. The molecule has 0 spiro atoms. The number of nitrogens with zero attached hydrogens (tertiary/aromatic N) is 2. The fraction of sp³-hybridized carbons (Fsp3) is 0.636. The highest BCUT2D eigenvalue weighted by atomic mass is 14.9. The Labute approximate surface area is 84.8 Å². The van der Waals surface area contributed by atoms with Crippen LogP contribution in [0, 0.1) is 6.92 Å². The molecule has 0 bridgehead atoms. The van der Waals surface area contributed by atoms with Gasteiger partial charge in [-0.1, -0.05) is 13.8 Å². The van der Waals surface area contributed by atoms with Crippen LogP contribution < -0.4 is 5.73 Å². The Morgan fingerprint density at radius 3 is 2.36 bits per heavy atom. The first-order chi connectivity index (χ1) is 6.47. The molecule has 0 saturated heterocycles. The van der Waals surface area contributed by atoms with E-state index in [1.165, 1.54) is 0 Å². The number of hydrogen-bond acceptors (Lipinski definition) is 3. The van der Waals surface area contributed by atoms with Crippen molar-refractivity contribution in [3.8, 4) is 0 Å². The van der Waals surface area contributed by atoms with Gasteiger partial charge in [-0.2, -0.15) is 0 Å². The van der Waals surface area contributed by atoms with E-state index < -0.39 is 0 Å². The number of nitrogens with two attached hydrogens (primary N) is 1. The number of aromatic nitrogens is 2. The Hall–Kier alpha value is -0.960. The molecule has 0 atom stereocenters. The van der Waals surface area contributed by atoms with Crippen LogP contribution >= 0.6 is 0 Å². The van der Waals surface area contributed by atoms with Crippen LogP contribution in [0.3, 0.4) is 0 Å². The molecule has 1 saturated carbocycles. The van der Waals surface area contributed by atoms with Crippen LogP contribution in [-0.2, 0) is 5.41 Å². The third kappa shape index (κ3) is 1.23. The molecule has 76 valence electrons. The highest BCUT2D eigenvalue weighted by Gasteiger charge is 2.53. The quantitative estimate of drug-likeness (QED) is 0.771. The van der Waals surface area contributed by atoms with Crippen LogP contribution in [-0.4, -0.2) is 15.5 Å². The molecular weight excluding hydrogens is 174 g/mol. The maximum atomic E-state index is 6.26. The molecule has 1 heterocycles. The average molecular weight is 191 g/mol. The molecule has 14 heavy (non-hydrogen) atoms. The van der Waals surface area contributed by atoms with E-state index in [0.717, 1.165) is 24.2 Å². The summed E-state index contributed by atoms with van der Waals surface area (Å²) in [6.45, 7) is 6.32. The fourth-order valence-corrected chi connectivity index (χ4v) is 2.02. The molecule has 0 amide bonds. The summed E-state index contributed by atoms with van der Waals surface area (Å²) in [5, 5.41) is 0. The van der Waals surface area contributed by atoms with Gasteiger partial charge in [-0.25, -0.2) is 0 Å². The van der Waals surface area contributed by atoms with Crippen molar-refractivity contribution in [2.45, 2.75) is 44.6 Å². The lowest BCUT2D eigenvalue weighted by molar-refractivity contribution is 0.377. The van der Waals surface area contributed by atoms with Gasteiger partial charge in [0.15, 0.2) is 0 Å². The maximum absolute atomic E-state index is 6.26. The van der Waals surface area contributed by atoms with Gasteiger partial charge in [0.05, 0.1) is 11.4 Å². The van der Waals surface area contributed by atoms with Gasteiger partial charge in [-0.05, 0) is 19.8 Å². The summed E-state index contributed by atoms with van der Waals surface area (Å²) in [4.78, 5) is 8.68. The van der Waals surface area contributed by atoms with E-state index in [-0.39, 0.29) is 11.0 Å². The summed E-state index contributed by atoms with van der Waals surface area (Å²) in [7, 11) is 0. The van der Waals surface area contributed by atoms with Crippen LogP contribution in [0.15, 0.2) is 12.4 Å². The molecule has 3 nitrogen and oxygen atoms in total. The SMILES string of the molecule is Cc1nccnc1C(C)(C)C1(N)CC1. The summed E-state index contributed by atoms with van der Waals surface area (Å²) in [6.07, 6.45) is 5.66. The molecule has 0 aliphatic heterocycles. The molecule has 1 aromatic heterocycles. The van der Waals surface area contributed by atoms with Gasteiger partial charge < -0.3 is 5.73 Å².